The maximum absolute atomic E-state index is 5.02. The molecule has 0 aliphatic carbocycles. The first kappa shape index (κ1) is 15.9. The van der Waals surface area contributed by atoms with Crippen LogP contribution in [0.15, 0.2) is 4.99 Å². The summed E-state index contributed by atoms with van der Waals surface area (Å²) in [6, 6.07) is 0. The summed E-state index contributed by atoms with van der Waals surface area (Å²) in [6.45, 7) is 5.65. The minimum absolute atomic E-state index is 0. The van der Waals surface area contributed by atoms with Crippen LogP contribution in [-0.2, 0) is 4.74 Å². The maximum atomic E-state index is 5.02. The normalized spacial score (nSPS) is 15.0. The van der Waals surface area contributed by atoms with Gasteiger partial charge in [-0.15, -0.1) is 24.0 Å². The average Bonchev–Trinajstić information content (AvgIpc) is 2.61. The lowest BCUT2D eigenvalue weighted by Crippen LogP contribution is -2.40. The van der Waals surface area contributed by atoms with E-state index >= 15 is 0 Å². The molecule has 96 valence electrons. The molecule has 0 aromatic rings. The Morgan fingerprint density at radius 2 is 2.25 bits per heavy atom. The Morgan fingerprint density at radius 1 is 1.50 bits per heavy atom. The lowest BCUT2D eigenvalue weighted by atomic mass is 10.5. The molecule has 0 amide bonds. The zero-order valence-electron chi connectivity index (χ0n) is 10.4. The Morgan fingerprint density at radius 3 is 2.81 bits per heavy atom. The topological polar surface area (TPSA) is 40.1 Å². The Kier molecular flexibility index (Phi) is 8.96. The van der Waals surface area contributed by atoms with E-state index in [1.54, 1.807) is 7.11 Å². The molecule has 1 rings (SSSR count). The molecule has 0 aromatic carbocycles. The molecule has 0 saturated heterocycles. The molecule has 0 atom stereocenters. The van der Waals surface area contributed by atoms with Crippen molar-refractivity contribution in [3.8, 4) is 0 Å². The summed E-state index contributed by atoms with van der Waals surface area (Å²) in [6.07, 6.45) is 0. The molecule has 1 heterocycles. The highest BCUT2D eigenvalue weighted by Gasteiger charge is 2.10. The van der Waals surface area contributed by atoms with E-state index < -0.39 is 0 Å². The lowest BCUT2D eigenvalue weighted by Gasteiger charge is -2.19. The van der Waals surface area contributed by atoms with Crippen molar-refractivity contribution in [2.75, 3.05) is 60.5 Å². The summed E-state index contributed by atoms with van der Waals surface area (Å²) in [5.74, 6) is 1.02. The second-order valence-electron chi connectivity index (χ2n) is 3.85. The smallest absolute Gasteiger partial charge is 0.193 e. The highest BCUT2D eigenvalue weighted by Crippen LogP contribution is 1.94. The molecule has 0 bridgehead atoms. The highest BCUT2D eigenvalue weighted by molar-refractivity contribution is 14.0. The van der Waals surface area contributed by atoms with Crippen LogP contribution >= 0.6 is 24.0 Å². The quantitative estimate of drug-likeness (QED) is 0.694. The number of hydrogen-bond donors (Lipinski definition) is 1. The van der Waals surface area contributed by atoms with E-state index in [1.807, 2.05) is 0 Å². The van der Waals surface area contributed by atoms with Gasteiger partial charge in [0.15, 0.2) is 5.96 Å². The molecule has 0 spiro atoms. The van der Waals surface area contributed by atoms with Crippen LogP contribution in [0.1, 0.15) is 0 Å². The van der Waals surface area contributed by atoms with E-state index in [9.17, 15) is 0 Å². The summed E-state index contributed by atoms with van der Waals surface area (Å²) >= 11 is 0. The molecular formula is C10H23IN4O. The number of methoxy groups -OCH3 is 1. The third-order valence-electron chi connectivity index (χ3n) is 2.51. The first-order valence-corrected chi connectivity index (χ1v) is 5.41. The number of likely N-dealkylation sites (N-methyl/N-ethyl adjacent to an activating group) is 2. The van der Waals surface area contributed by atoms with Gasteiger partial charge in [-0.1, -0.05) is 0 Å². The lowest BCUT2D eigenvalue weighted by molar-refractivity contribution is 0.162. The SMILES string of the molecule is COCCN(C)CCNC1=NCCN1C.I. The molecular weight excluding hydrogens is 319 g/mol. The number of hydrogen-bond acceptors (Lipinski definition) is 5. The van der Waals surface area contributed by atoms with E-state index in [-0.39, 0.29) is 24.0 Å². The monoisotopic (exact) mass is 342 g/mol. The fraction of sp³-hybridized carbons (Fsp3) is 0.900. The fourth-order valence-corrected chi connectivity index (χ4v) is 1.44. The summed E-state index contributed by atoms with van der Waals surface area (Å²) < 4.78 is 5.02. The summed E-state index contributed by atoms with van der Waals surface area (Å²) in [5, 5.41) is 3.33. The third kappa shape index (κ3) is 5.86. The van der Waals surface area contributed by atoms with Crippen LogP contribution in [-0.4, -0.2) is 76.3 Å². The van der Waals surface area contributed by atoms with Crippen molar-refractivity contribution >= 4 is 29.9 Å². The van der Waals surface area contributed by atoms with Gasteiger partial charge in [0, 0.05) is 40.3 Å². The zero-order chi connectivity index (χ0) is 11.1. The fourth-order valence-electron chi connectivity index (χ4n) is 1.44. The van der Waals surface area contributed by atoms with Crippen molar-refractivity contribution in [1.82, 2.24) is 15.1 Å². The molecule has 1 aliphatic heterocycles. The van der Waals surface area contributed by atoms with E-state index in [2.05, 4.69) is 34.2 Å². The number of guanidine groups is 1. The molecule has 0 fully saturated rings. The maximum Gasteiger partial charge on any atom is 0.193 e. The summed E-state index contributed by atoms with van der Waals surface area (Å²) in [5.41, 5.74) is 0. The van der Waals surface area contributed by atoms with Crippen LogP contribution in [0.25, 0.3) is 0 Å². The number of nitrogens with zero attached hydrogens (tertiary/aromatic N) is 3. The number of nitrogens with one attached hydrogen (secondary N) is 1. The first-order chi connectivity index (χ1) is 7.24. The molecule has 1 N–H and O–H groups in total. The molecule has 1 aliphatic rings. The average molecular weight is 342 g/mol. The van der Waals surface area contributed by atoms with Gasteiger partial charge in [0.05, 0.1) is 13.2 Å². The Labute approximate surface area is 115 Å². The molecule has 0 saturated carbocycles. The van der Waals surface area contributed by atoms with E-state index in [0.717, 1.165) is 45.3 Å². The number of ether oxygens (including phenoxy) is 1. The number of aliphatic imine (C=N–C) groups is 1. The highest BCUT2D eigenvalue weighted by atomic mass is 127. The number of rotatable bonds is 6. The second kappa shape index (κ2) is 9.00. The summed E-state index contributed by atoms with van der Waals surface area (Å²) in [7, 11) is 5.89. The van der Waals surface area contributed by atoms with Gasteiger partial charge in [-0.2, -0.15) is 0 Å². The Hall–Kier alpha value is -0.0800. The van der Waals surface area contributed by atoms with Crippen molar-refractivity contribution in [1.29, 1.82) is 0 Å². The van der Waals surface area contributed by atoms with E-state index in [0.29, 0.717) is 0 Å². The summed E-state index contributed by atoms with van der Waals surface area (Å²) in [4.78, 5) is 8.75. The van der Waals surface area contributed by atoms with Crippen LogP contribution in [0, 0.1) is 0 Å². The van der Waals surface area contributed by atoms with Gasteiger partial charge in [-0.25, -0.2) is 0 Å². The second-order valence-corrected chi connectivity index (χ2v) is 3.85. The first-order valence-electron chi connectivity index (χ1n) is 5.41. The van der Waals surface area contributed by atoms with Gasteiger partial charge in [0.25, 0.3) is 0 Å². The van der Waals surface area contributed by atoms with Crippen LogP contribution in [0.4, 0.5) is 0 Å². The van der Waals surface area contributed by atoms with Gasteiger partial charge in [-0.3, -0.25) is 4.99 Å². The minimum atomic E-state index is 0. The van der Waals surface area contributed by atoms with Crippen LogP contribution in [0.5, 0.6) is 0 Å². The van der Waals surface area contributed by atoms with Gasteiger partial charge >= 0.3 is 0 Å². The predicted molar refractivity (Wildman–Crippen MR) is 77.7 cm³/mol. The predicted octanol–water partition coefficient (Wildman–Crippen LogP) is 0.0736. The van der Waals surface area contributed by atoms with Crippen molar-refractivity contribution < 1.29 is 4.74 Å². The Balaban J connectivity index is 0.00000225. The van der Waals surface area contributed by atoms with Crippen molar-refractivity contribution in [2.45, 2.75) is 0 Å². The largest absolute Gasteiger partial charge is 0.383 e. The third-order valence-corrected chi connectivity index (χ3v) is 2.51. The van der Waals surface area contributed by atoms with Gasteiger partial charge < -0.3 is 19.9 Å². The molecule has 6 heteroatoms. The molecule has 5 nitrogen and oxygen atoms in total. The molecule has 0 unspecified atom stereocenters. The molecule has 16 heavy (non-hydrogen) atoms. The van der Waals surface area contributed by atoms with Crippen LogP contribution < -0.4 is 5.32 Å². The van der Waals surface area contributed by atoms with Crippen LogP contribution in [0.3, 0.4) is 0 Å². The van der Waals surface area contributed by atoms with E-state index in [4.69, 9.17) is 4.74 Å². The van der Waals surface area contributed by atoms with Crippen molar-refractivity contribution in [3.63, 3.8) is 0 Å². The molecule has 0 radical (unpaired) electrons. The minimum Gasteiger partial charge on any atom is -0.383 e. The zero-order valence-corrected chi connectivity index (χ0v) is 12.7. The number of halogens is 1. The van der Waals surface area contributed by atoms with Gasteiger partial charge in [0.1, 0.15) is 0 Å². The van der Waals surface area contributed by atoms with Crippen molar-refractivity contribution in [3.05, 3.63) is 0 Å². The van der Waals surface area contributed by atoms with Crippen LogP contribution in [0.2, 0.25) is 0 Å². The van der Waals surface area contributed by atoms with Crippen molar-refractivity contribution in [2.24, 2.45) is 4.99 Å². The van der Waals surface area contributed by atoms with Gasteiger partial charge in [0.2, 0.25) is 0 Å². The van der Waals surface area contributed by atoms with E-state index in [1.165, 1.54) is 0 Å². The Bertz CT molecular complexity index is 213. The standard InChI is InChI=1S/C10H22N4O.HI/c1-13(8-9-15-3)6-4-11-10-12-5-7-14(10)2;/h4-9H2,1-3H3,(H,11,12);1H. The molecule has 0 aromatic heterocycles. The van der Waals surface area contributed by atoms with Gasteiger partial charge in [-0.05, 0) is 7.05 Å².